The van der Waals surface area contributed by atoms with E-state index in [0.717, 1.165) is 17.0 Å². The van der Waals surface area contributed by atoms with Crippen LogP contribution in [0, 0.1) is 6.92 Å². The molecule has 0 aliphatic carbocycles. The van der Waals surface area contributed by atoms with Gasteiger partial charge in [-0.15, -0.1) is 0 Å². The summed E-state index contributed by atoms with van der Waals surface area (Å²) in [6, 6.07) is 16.0. The van der Waals surface area contributed by atoms with E-state index in [1.54, 1.807) is 7.11 Å². The summed E-state index contributed by atoms with van der Waals surface area (Å²) in [4.78, 5) is 4.41. The van der Waals surface area contributed by atoms with Gasteiger partial charge in [-0.05, 0) is 48.9 Å². The topological polar surface area (TPSA) is 21.6 Å². The molecule has 0 saturated carbocycles. The molecule has 0 atom stereocenters. The Balaban J connectivity index is 2.11. The smallest absolute Gasteiger partial charge is 0.118 e. The van der Waals surface area contributed by atoms with Gasteiger partial charge in [0.1, 0.15) is 5.75 Å². The fourth-order valence-electron chi connectivity index (χ4n) is 1.47. The van der Waals surface area contributed by atoms with Crippen molar-refractivity contribution < 1.29 is 4.74 Å². The average molecular weight is 225 g/mol. The third-order valence-corrected chi connectivity index (χ3v) is 2.51. The Morgan fingerprint density at radius 2 is 1.59 bits per heavy atom. The molecular weight excluding hydrogens is 210 g/mol. The average Bonchev–Trinajstić information content (AvgIpc) is 2.39. The molecule has 86 valence electrons. The van der Waals surface area contributed by atoms with Gasteiger partial charge in [0.2, 0.25) is 0 Å². The van der Waals surface area contributed by atoms with Gasteiger partial charge in [0.05, 0.1) is 12.8 Å². The van der Waals surface area contributed by atoms with E-state index in [0.29, 0.717) is 0 Å². The number of ether oxygens (including phenoxy) is 1. The van der Waals surface area contributed by atoms with Gasteiger partial charge in [-0.3, -0.25) is 4.99 Å². The lowest BCUT2D eigenvalue weighted by atomic mass is 10.2. The van der Waals surface area contributed by atoms with Crippen molar-refractivity contribution in [2.45, 2.75) is 6.92 Å². The van der Waals surface area contributed by atoms with E-state index in [-0.39, 0.29) is 0 Å². The molecule has 0 amide bonds. The number of nitrogens with zero attached hydrogens (tertiary/aromatic N) is 1. The largest absolute Gasteiger partial charge is 0.497 e. The summed E-state index contributed by atoms with van der Waals surface area (Å²) < 4.78 is 5.10. The van der Waals surface area contributed by atoms with Crippen LogP contribution in [0.15, 0.2) is 53.5 Å². The number of aryl methyl sites for hydroxylation is 1. The van der Waals surface area contributed by atoms with Gasteiger partial charge in [-0.25, -0.2) is 0 Å². The first-order chi connectivity index (χ1) is 8.28. The summed E-state index contributed by atoms with van der Waals surface area (Å²) in [5.41, 5.74) is 3.27. The Morgan fingerprint density at radius 1 is 0.941 bits per heavy atom. The monoisotopic (exact) mass is 225 g/mol. The molecule has 0 bridgehead atoms. The quantitative estimate of drug-likeness (QED) is 0.729. The zero-order valence-corrected chi connectivity index (χ0v) is 10.1. The molecule has 2 nitrogen and oxygen atoms in total. The lowest BCUT2D eigenvalue weighted by molar-refractivity contribution is 0.415. The maximum Gasteiger partial charge on any atom is 0.118 e. The molecule has 0 aromatic heterocycles. The molecule has 0 unspecified atom stereocenters. The Hall–Kier alpha value is -2.09. The summed E-state index contributed by atoms with van der Waals surface area (Å²) in [7, 11) is 1.66. The number of aliphatic imine (C=N–C) groups is 1. The fourth-order valence-corrected chi connectivity index (χ4v) is 1.47. The Morgan fingerprint density at radius 3 is 2.18 bits per heavy atom. The van der Waals surface area contributed by atoms with Crippen molar-refractivity contribution in [1.82, 2.24) is 0 Å². The number of methoxy groups -OCH3 is 1. The van der Waals surface area contributed by atoms with Gasteiger partial charge in [-0.2, -0.15) is 0 Å². The molecule has 2 aromatic carbocycles. The van der Waals surface area contributed by atoms with Crippen LogP contribution in [0.1, 0.15) is 11.1 Å². The van der Waals surface area contributed by atoms with Crippen molar-refractivity contribution in [2.24, 2.45) is 4.99 Å². The highest BCUT2D eigenvalue weighted by Gasteiger charge is 1.91. The zero-order valence-electron chi connectivity index (χ0n) is 10.1. The highest BCUT2D eigenvalue weighted by atomic mass is 16.5. The van der Waals surface area contributed by atoms with Crippen LogP contribution in [0.2, 0.25) is 0 Å². The Bertz CT molecular complexity index is 497. The predicted octanol–water partition coefficient (Wildman–Crippen LogP) is 3.75. The molecule has 2 rings (SSSR count). The van der Waals surface area contributed by atoms with Crippen LogP contribution in [0.5, 0.6) is 5.75 Å². The van der Waals surface area contributed by atoms with Crippen LogP contribution >= 0.6 is 0 Å². The second-order valence-electron chi connectivity index (χ2n) is 3.87. The van der Waals surface area contributed by atoms with Crippen LogP contribution in [0.3, 0.4) is 0 Å². The van der Waals surface area contributed by atoms with E-state index in [9.17, 15) is 0 Å². The van der Waals surface area contributed by atoms with E-state index in [4.69, 9.17) is 4.74 Å². The van der Waals surface area contributed by atoms with Gasteiger partial charge in [-0.1, -0.05) is 17.7 Å². The van der Waals surface area contributed by atoms with Gasteiger partial charge in [0.15, 0.2) is 0 Å². The third kappa shape index (κ3) is 3.18. The highest BCUT2D eigenvalue weighted by molar-refractivity contribution is 5.82. The lowest BCUT2D eigenvalue weighted by Gasteiger charge is -1.99. The van der Waals surface area contributed by atoms with Crippen LogP contribution in [-0.2, 0) is 0 Å². The number of benzene rings is 2. The first-order valence-corrected chi connectivity index (χ1v) is 5.53. The molecule has 0 N–H and O–H groups in total. The van der Waals surface area contributed by atoms with Gasteiger partial charge in [0, 0.05) is 6.21 Å². The molecule has 0 aliphatic heterocycles. The molecule has 0 fully saturated rings. The summed E-state index contributed by atoms with van der Waals surface area (Å²) in [6.07, 6.45) is 1.85. The van der Waals surface area contributed by atoms with Crippen molar-refractivity contribution in [2.75, 3.05) is 7.11 Å². The normalized spacial score (nSPS) is 10.7. The molecule has 2 heteroatoms. The summed E-state index contributed by atoms with van der Waals surface area (Å²) in [5.74, 6) is 0.859. The van der Waals surface area contributed by atoms with Gasteiger partial charge >= 0.3 is 0 Å². The number of hydrogen-bond acceptors (Lipinski definition) is 2. The Kier molecular flexibility index (Phi) is 3.55. The first kappa shape index (κ1) is 11.4. The number of rotatable bonds is 3. The minimum Gasteiger partial charge on any atom is -0.497 e. The summed E-state index contributed by atoms with van der Waals surface area (Å²) in [6.45, 7) is 2.07. The van der Waals surface area contributed by atoms with E-state index < -0.39 is 0 Å². The number of hydrogen-bond donors (Lipinski definition) is 0. The van der Waals surface area contributed by atoms with Gasteiger partial charge < -0.3 is 4.74 Å². The van der Waals surface area contributed by atoms with Crippen LogP contribution in [0.4, 0.5) is 5.69 Å². The third-order valence-electron chi connectivity index (χ3n) is 2.51. The molecule has 0 saturated heterocycles. The lowest BCUT2D eigenvalue weighted by Crippen LogP contribution is -1.84. The zero-order chi connectivity index (χ0) is 12.1. The minimum atomic E-state index is 0.859. The summed E-state index contributed by atoms with van der Waals surface area (Å²) >= 11 is 0. The standard InChI is InChI=1S/C15H15NO/c1-12-3-7-14(8-4-12)16-11-13-5-9-15(17-2)10-6-13/h3-11H,1-2H3. The van der Waals surface area contributed by atoms with Crippen LogP contribution in [0.25, 0.3) is 0 Å². The maximum atomic E-state index is 5.10. The predicted molar refractivity (Wildman–Crippen MR) is 71.4 cm³/mol. The van der Waals surface area contributed by atoms with Crippen molar-refractivity contribution in [3.05, 3.63) is 59.7 Å². The molecule has 0 radical (unpaired) electrons. The van der Waals surface area contributed by atoms with Crippen molar-refractivity contribution in [3.63, 3.8) is 0 Å². The highest BCUT2D eigenvalue weighted by Crippen LogP contribution is 2.14. The second kappa shape index (κ2) is 5.30. The molecule has 17 heavy (non-hydrogen) atoms. The summed E-state index contributed by atoms with van der Waals surface area (Å²) in [5, 5.41) is 0. The first-order valence-electron chi connectivity index (χ1n) is 5.53. The van der Waals surface area contributed by atoms with E-state index in [1.165, 1.54) is 5.56 Å². The van der Waals surface area contributed by atoms with E-state index in [1.807, 2.05) is 42.6 Å². The second-order valence-corrected chi connectivity index (χ2v) is 3.87. The molecule has 2 aromatic rings. The van der Waals surface area contributed by atoms with Crippen molar-refractivity contribution >= 4 is 11.9 Å². The molecule has 0 heterocycles. The van der Waals surface area contributed by atoms with Crippen LogP contribution in [-0.4, -0.2) is 13.3 Å². The van der Waals surface area contributed by atoms with Crippen LogP contribution < -0.4 is 4.74 Å². The molecule has 0 spiro atoms. The fraction of sp³-hybridized carbons (Fsp3) is 0.133. The van der Waals surface area contributed by atoms with Crippen molar-refractivity contribution in [3.8, 4) is 5.75 Å². The van der Waals surface area contributed by atoms with Gasteiger partial charge in [0.25, 0.3) is 0 Å². The minimum absolute atomic E-state index is 0.859. The van der Waals surface area contributed by atoms with E-state index in [2.05, 4.69) is 24.0 Å². The SMILES string of the molecule is COc1ccc(C=Nc2ccc(C)cc2)cc1. The maximum absolute atomic E-state index is 5.10. The molecular formula is C15H15NO. The Labute approximate surface area is 102 Å². The van der Waals surface area contributed by atoms with E-state index >= 15 is 0 Å². The molecule has 0 aliphatic rings. The van der Waals surface area contributed by atoms with Crippen molar-refractivity contribution in [1.29, 1.82) is 0 Å².